The number of amides is 2. The molecule has 40 heavy (non-hydrogen) atoms. The van der Waals surface area contributed by atoms with Crippen LogP contribution >= 0.6 is 23.2 Å². The molecule has 1 aliphatic carbocycles. The number of methoxy groups -OCH3 is 1. The lowest BCUT2D eigenvalue weighted by Crippen LogP contribution is -2.51. The van der Waals surface area contributed by atoms with E-state index in [1.54, 1.807) is 55.8 Å². The third kappa shape index (κ3) is 3.39. The van der Waals surface area contributed by atoms with Crippen LogP contribution in [0.4, 0.5) is 11.4 Å². The Morgan fingerprint density at radius 1 is 1.07 bits per heavy atom. The Hall–Kier alpha value is -3.88. The number of halogens is 2. The molecule has 3 aliphatic rings. The molecule has 2 amide bonds. The highest BCUT2D eigenvalue weighted by Crippen LogP contribution is 2.55. The molecule has 10 heteroatoms. The molecule has 7 rings (SSSR count). The van der Waals surface area contributed by atoms with Crippen molar-refractivity contribution in [2.45, 2.75) is 44.2 Å². The van der Waals surface area contributed by atoms with Gasteiger partial charge in [0.25, 0.3) is 11.8 Å². The molecule has 1 saturated carbocycles. The van der Waals surface area contributed by atoms with Crippen LogP contribution in [0.5, 0.6) is 5.75 Å². The normalized spacial score (nSPS) is 19.4. The van der Waals surface area contributed by atoms with Crippen molar-refractivity contribution in [3.63, 3.8) is 0 Å². The lowest BCUT2D eigenvalue weighted by atomic mass is 9.87. The number of anilines is 2. The number of ether oxygens (including phenoxy) is 1. The van der Waals surface area contributed by atoms with Crippen LogP contribution in [-0.2, 0) is 10.3 Å². The minimum Gasteiger partial charge on any atom is -0.496 e. The third-order valence-electron chi connectivity index (χ3n) is 7.87. The zero-order chi connectivity index (χ0) is 27.9. The van der Waals surface area contributed by atoms with Gasteiger partial charge in [0.05, 0.1) is 18.4 Å². The zero-order valence-corrected chi connectivity index (χ0v) is 23.5. The van der Waals surface area contributed by atoms with Crippen molar-refractivity contribution in [2.75, 3.05) is 17.3 Å². The van der Waals surface area contributed by atoms with Gasteiger partial charge in [0, 0.05) is 56.9 Å². The quantitative estimate of drug-likeness (QED) is 0.291. The molecule has 8 nitrogen and oxygen atoms in total. The van der Waals surface area contributed by atoms with Crippen LogP contribution in [0.3, 0.4) is 0 Å². The Bertz CT molecular complexity index is 1750. The molecule has 1 N–H and O–H groups in total. The van der Waals surface area contributed by atoms with E-state index >= 15 is 0 Å². The van der Waals surface area contributed by atoms with E-state index in [1.165, 1.54) is 4.90 Å². The minimum atomic E-state index is -1.54. The van der Waals surface area contributed by atoms with Gasteiger partial charge >= 0.3 is 0 Å². The third-order valence-corrected chi connectivity index (χ3v) is 8.34. The van der Waals surface area contributed by atoms with Gasteiger partial charge in [-0.25, -0.2) is 4.98 Å². The summed E-state index contributed by atoms with van der Waals surface area (Å²) in [7, 11) is 1.61. The number of nitrogens with zero attached hydrogens (tertiary/aromatic N) is 4. The maximum atomic E-state index is 14.4. The second-order valence-corrected chi connectivity index (χ2v) is 11.5. The molecule has 1 unspecified atom stereocenters. The van der Waals surface area contributed by atoms with Crippen molar-refractivity contribution >= 4 is 46.4 Å². The summed E-state index contributed by atoms with van der Waals surface area (Å²) in [6.07, 6.45) is 3.98. The molecule has 0 radical (unpaired) electrons. The molecule has 4 heterocycles. The minimum absolute atomic E-state index is 0.174. The molecule has 202 valence electrons. The topological polar surface area (TPSA) is 89.3 Å². The maximum absolute atomic E-state index is 14.4. The number of hydrogen-bond acceptors (Lipinski definition) is 5. The largest absolute Gasteiger partial charge is 0.496 e. The molecule has 1 fully saturated rings. The summed E-state index contributed by atoms with van der Waals surface area (Å²) >= 11 is 12.7. The summed E-state index contributed by atoms with van der Waals surface area (Å²) in [6.45, 7) is 4.00. The average molecular weight is 574 g/mol. The predicted molar refractivity (Wildman–Crippen MR) is 153 cm³/mol. The molecule has 0 saturated heterocycles. The van der Waals surface area contributed by atoms with E-state index in [9.17, 15) is 9.59 Å². The Morgan fingerprint density at radius 3 is 2.55 bits per heavy atom. The number of pyridine rings is 1. The Morgan fingerprint density at radius 2 is 1.85 bits per heavy atom. The van der Waals surface area contributed by atoms with Crippen molar-refractivity contribution in [3.05, 3.63) is 87.4 Å². The molecular weight excluding hydrogens is 549 g/mol. The maximum Gasteiger partial charge on any atom is 0.280 e. The van der Waals surface area contributed by atoms with Gasteiger partial charge < -0.3 is 14.6 Å². The lowest BCUT2D eigenvalue weighted by Gasteiger charge is -2.35. The van der Waals surface area contributed by atoms with E-state index in [0.29, 0.717) is 55.7 Å². The van der Waals surface area contributed by atoms with Crippen LogP contribution in [-0.4, -0.2) is 33.5 Å². The van der Waals surface area contributed by atoms with Crippen LogP contribution in [0.15, 0.2) is 54.7 Å². The summed E-state index contributed by atoms with van der Waals surface area (Å²) in [5, 5.41) is 3.90. The second-order valence-electron chi connectivity index (χ2n) is 10.7. The number of nitrogens with one attached hydrogen (secondary N) is 1. The van der Waals surface area contributed by atoms with Gasteiger partial charge in [0.1, 0.15) is 11.6 Å². The van der Waals surface area contributed by atoms with E-state index < -0.39 is 11.4 Å². The van der Waals surface area contributed by atoms with Gasteiger partial charge in [-0.1, -0.05) is 35.3 Å². The van der Waals surface area contributed by atoms with Gasteiger partial charge in [-0.05, 0) is 57.0 Å². The van der Waals surface area contributed by atoms with Crippen molar-refractivity contribution < 1.29 is 14.3 Å². The number of hydrogen-bond donors (Lipinski definition) is 1. The molecule has 2 aromatic carbocycles. The summed E-state index contributed by atoms with van der Waals surface area (Å²) in [5.41, 5.74) is 2.40. The highest BCUT2D eigenvalue weighted by Gasteiger charge is 2.64. The molecule has 2 aromatic heterocycles. The summed E-state index contributed by atoms with van der Waals surface area (Å²) in [6, 6.07) is 13.9. The van der Waals surface area contributed by atoms with Crippen molar-refractivity contribution in [1.82, 2.24) is 14.5 Å². The number of carbonyl (C=O) groups is 2. The zero-order valence-electron chi connectivity index (χ0n) is 22.0. The highest BCUT2D eigenvalue weighted by molar-refractivity contribution is 6.32. The number of rotatable bonds is 5. The van der Waals surface area contributed by atoms with E-state index in [0.717, 1.165) is 18.5 Å². The monoisotopic (exact) mass is 573 g/mol. The van der Waals surface area contributed by atoms with E-state index in [-0.39, 0.29) is 17.6 Å². The molecule has 1 spiro atoms. The Kier molecular flexibility index (Phi) is 5.53. The van der Waals surface area contributed by atoms with E-state index in [1.807, 2.05) is 24.5 Å². The van der Waals surface area contributed by atoms with Gasteiger partial charge in [-0.3, -0.25) is 19.5 Å². The molecule has 1 atom stereocenters. The fourth-order valence-corrected chi connectivity index (χ4v) is 6.39. The molecule has 0 bridgehead atoms. The second kappa shape index (κ2) is 8.81. The fraction of sp³-hybridized carbons (Fsp3) is 0.267. The number of benzene rings is 2. The van der Waals surface area contributed by atoms with Crippen molar-refractivity contribution in [3.8, 4) is 17.1 Å². The smallest absolute Gasteiger partial charge is 0.280 e. The first kappa shape index (κ1) is 25.1. The number of carbonyl (C=O) groups excluding carboxylic acids is 2. The van der Waals surface area contributed by atoms with Crippen LogP contribution in [0, 0.1) is 0 Å². The summed E-state index contributed by atoms with van der Waals surface area (Å²) in [5.74, 6) is 0.801. The first-order chi connectivity index (χ1) is 19.2. The number of aromatic nitrogens is 3. The number of imidazole rings is 1. The van der Waals surface area contributed by atoms with Gasteiger partial charge in [-0.2, -0.15) is 0 Å². The van der Waals surface area contributed by atoms with Crippen molar-refractivity contribution in [2.24, 2.45) is 0 Å². The SMILES string of the molecule is COc1cc(C2CC2)ncc1-c1nc2c(n1C(C)C)C1(C(=O)Nc3cc(Cl)ccc31)N(c1cccc(Cl)c1)C2=O. The van der Waals surface area contributed by atoms with Crippen LogP contribution in [0.25, 0.3) is 11.4 Å². The van der Waals surface area contributed by atoms with Crippen LogP contribution in [0.1, 0.15) is 66.1 Å². The Balaban J connectivity index is 1.54. The first-order valence-electron chi connectivity index (χ1n) is 13.1. The number of fused-ring (bicyclic) bond motifs is 4. The van der Waals surface area contributed by atoms with E-state index in [2.05, 4.69) is 5.32 Å². The fourth-order valence-electron chi connectivity index (χ4n) is 6.03. The summed E-state index contributed by atoms with van der Waals surface area (Å²) in [4.78, 5) is 39.8. The van der Waals surface area contributed by atoms with Crippen molar-refractivity contribution in [1.29, 1.82) is 0 Å². The van der Waals surface area contributed by atoms with Gasteiger partial charge in [0.2, 0.25) is 0 Å². The summed E-state index contributed by atoms with van der Waals surface area (Å²) < 4.78 is 7.75. The van der Waals surface area contributed by atoms with Crippen LogP contribution in [0.2, 0.25) is 10.0 Å². The molecule has 2 aliphatic heterocycles. The highest BCUT2D eigenvalue weighted by atomic mass is 35.5. The average Bonchev–Trinajstić information content (AvgIpc) is 3.58. The molecule has 4 aromatic rings. The standard InChI is InChI=1S/C30H25Cl2N5O3/c1-15(2)36-26-25(35-27(36)20-14-33-22(16-7-8-16)13-24(20)40-3)28(38)37(19-6-4-5-17(31)11-19)30(26)21-10-9-18(32)12-23(21)34-29(30)39/h4-6,9-16H,7-8H2,1-3H3,(H,34,39). The molecular formula is C30H25Cl2N5O3. The van der Waals surface area contributed by atoms with Gasteiger partial charge in [-0.15, -0.1) is 0 Å². The van der Waals surface area contributed by atoms with E-state index in [4.69, 9.17) is 37.9 Å². The van der Waals surface area contributed by atoms with Gasteiger partial charge in [0.15, 0.2) is 11.2 Å². The lowest BCUT2D eigenvalue weighted by molar-refractivity contribution is -0.119. The first-order valence-corrected chi connectivity index (χ1v) is 13.9. The predicted octanol–water partition coefficient (Wildman–Crippen LogP) is 6.57. The van der Waals surface area contributed by atoms with Crippen LogP contribution < -0.4 is 15.0 Å². The Labute approximate surface area is 240 Å².